The molecule has 1 aromatic carbocycles. The lowest BCUT2D eigenvalue weighted by atomic mass is 9.57. The van der Waals surface area contributed by atoms with E-state index in [1.165, 1.54) is 25.1 Å². The molecule has 2 unspecified atom stereocenters. The zero-order valence-corrected chi connectivity index (χ0v) is 23.1. The summed E-state index contributed by atoms with van der Waals surface area (Å²) in [5, 5.41) is 47.0. The van der Waals surface area contributed by atoms with Crippen LogP contribution in [-0.2, 0) is 36.0 Å². The van der Waals surface area contributed by atoms with Crippen LogP contribution in [0, 0.1) is 11.8 Å². The third-order valence-corrected chi connectivity index (χ3v) is 7.39. The van der Waals surface area contributed by atoms with Gasteiger partial charge in [0.2, 0.25) is 12.2 Å². The Morgan fingerprint density at radius 1 is 1.15 bits per heavy atom. The topological polar surface area (TPSA) is 268 Å². The Morgan fingerprint density at radius 2 is 1.71 bits per heavy atom. The molecule has 0 bridgehead atoms. The molecule has 0 spiro atoms. The van der Waals surface area contributed by atoms with Crippen LogP contribution in [-0.4, -0.2) is 107 Å². The Bertz CT molecular complexity index is 1510. The summed E-state index contributed by atoms with van der Waals surface area (Å²) in [5.41, 5.74) is 2.44. The number of nitrogens with zero attached hydrogens (tertiary/aromatic N) is 2. The molecule has 3 aliphatic carbocycles. The van der Waals surface area contributed by atoms with Crippen molar-refractivity contribution < 1.29 is 57.1 Å². The first-order valence-electron chi connectivity index (χ1n) is 11.9. The molecule has 0 heterocycles. The monoisotopic (exact) mass is 598 g/mol. The Kier molecular flexibility index (Phi) is 8.26. The molecule has 1 aromatic rings. The zero-order chi connectivity index (χ0) is 31.4. The van der Waals surface area contributed by atoms with Gasteiger partial charge >= 0.3 is 10.4 Å². The summed E-state index contributed by atoms with van der Waals surface area (Å²) in [6, 6.07) is 0.380. The summed E-state index contributed by atoms with van der Waals surface area (Å²) in [4.78, 5) is 53.2. The fraction of sp³-hybridized carbons (Fsp3) is 0.417. The van der Waals surface area contributed by atoms with Gasteiger partial charge in [0, 0.05) is 31.3 Å². The SMILES string of the molecule is CN(C)c1cc(NC=O)c(O)c2c1CC1CC3[C@H](N(C)C)C(=O)C(C(N)=O)=C(O)[C@@]3(O)C(=O)C1=C2O.O=S(=O)(O)O. The molecular formula is C24H30N4O12S. The number of nitrogens with one attached hydrogen (secondary N) is 1. The summed E-state index contributed by atoms with van der Waals surface area (Å²) in [7, 11) is 1.87. The Hall–Kier alpha value is -4.03. The number of ketones is 2. The van der Waals surface area contributed by atoms with Gasteiger partial charge in [-0.05, 0) is 44.5 Å². The van der Waals surface area contributed by atoms with Crippen LogP contribution in [0.3, 0.4) is 0 Å². The number of fused-ring (bicyclic) bond motifs is 3. The number of aliphatic hydroxyl groups excluding tert-OH is 2. The van der Waals surface area contributed by atoms with Crippen molar-refractivity contribution >= 4 is 51.4 Å². The second-order valence-electron chi connectivity index (χ2n) is 10.2. The van der Waals surface area contributed by atoms with E-state index in [1.54, 1.807) is 19.0 Å². The summed E-state index contributed by atoms with van der Waals surface area (Å²) < 4.78 is 31.6. The van der Waals surface area contributed by atoms with E-state index in [0.29, 0.717) is 17.7 Å². The summed E-state index contributed by atoms with van der Waals surface area (Å²) in [6.45, 7) is 0. The van der Waals surface area contributed by atoms with E-state index in [9.17, 15) is 39.6 Å². The van der Waals surface area contributed by atoms with Crippen molar-refractivity contribution in [2.45, 2.75) is 24.5 Å². The maximum absolute atomic E-state index is 13.8. The van der Waals surface area contributed by atoms with E-state index in [-0.39, 0.29) is 29.7 Å². The second-order valence-corrected chi connectivity index (χ2v) is 11.1. The number of carbonyl (C=O) groups excluding carboxylic acids is 4. The first-order chi connectivity index (χ1) is 18.8. The molecule has 17 heteroatoms. The van der Waals surface area contributed by atoms with Gasteiger partial charge in [-0.1, -0.05) is 0 Å². The number of carbonyl (C=O) groups is 4. The summed E-state index contributed by atoms with van der Waals surface area (Å²) in [6.07, 6.45) is 0.495. The smallest absolute Gasteiger partial charge is 0.394 e. The Labute approximate surface area is 233 Å². The molecule has 1 saturated carbocycles. The molecular weight excluding hydrogens is 568 g/mol. The third kappa shape index (κ3) is 5.24. The highest BCUT2D eigenvalue weighted by molar-refractivity contribution is 7.79. The molecule has 0 radical (unpaired) electrons. The molecule has 9 N–H and O–H groups in total. The molecule has 0 aliphatic heterocycles. The third-order valence-electron chi connectivity index (χ3n) is 7.39. The van der Waals surface area contributed by atoms with Crippen LogP contribution in [0.1, 0.15) is 17.5 Å². The summed E-state index contributed by atoms with van der Waals surface area (Å²) in [5.74, 6) is -7.28. The molecule has 41 heavy (non-hydrogen) atoms. The predicted octanol–water partition coefficient (Wildman–Crippen LogP) is -1.05. The second kappa shape index (κ2) is 10.7. The number of anilines is 2. The van der Waals surface area contributed by atoms with Gasteiger partial charge in [-0.2, -0.15) is 8.42 Å². The largest absolute Gasteiger partial charge is 0.508 e. The number of benzene rings is 1. The first kappa shape index (κ1) is 31.5. The predicted molar refractivity (Wildman–Crippen MR) is 142 cm³/mol. The van der Waals surface area contributed by atoms with Crippen LogP contribution in [0.25, 0.3) is 5.76 Å². The van der Waals surface area contributed by atoms with Gasteiger partial charge in [-0.3, -0.25) is 33.2 Å². The quantitative estimate of drug-likeness (QED) is 0.0869. The van der Waals surface area contributed by atoms with Crippen molar-refractivity contribution in [3.8, 4) is 5.75 Å². The number of phenols is 1. The number of Topliss-reactive ketones (excluding diaryl/α,β-unsaturated/α-hetero) is 2. The van der Waals surface area contributed by atoms with Crippen LogP contribution in [0.2, 0.25) is 0 Å². The molecule has 4 rings (SSSR count). The fourth-order valence-corrected chi connectivity index (χ4v) is 5.86. The Balaban J connectivity index is 0.000000850. The highest BCUT2D eigenvalue weighted by Crippen LogP contribution is 2.54. The normalized spacial score (nSPS) is 25.5. The van der Waals surface area contributed by atoms with Crippen LogP contribution < -0.4 is 16.0 Å². The summed E-state index contributed by atoms with van der Waals surface area (Å²) >= 11 is 0. The number of rotatable bonds is 5. The van der Waals surface area contributed by atoms with Crippen molar-refractivity contribution in [3.05, 3.63) is 34.1 Å². The van der Waals surface area contributed by atoms with E-state index in [0.717, 1.165) is 0 Å². The number of aromatic hydroxyl groups is 1. The lowest BCUT2D eigenvalue weighted by Crippen LogP contribution is -2.65. The van der Waals surface area contributed by atoms with Gasteiger partial charge in [-0.25, -0.2) is 0 Å². The first-order valence-corrected chi connectivity index (χ1v) is 13.3. The maximum Gasteiger partial charge on any atom is 0.394 e. The van der Waals surface area contributed by atoms with Crippen LogP contribution in [0.5, 0.6) is 5.75 Å². The average molecular weight is 599 g/mol. The van der Waals surface area contributed by atoms with Crippen LogP contribution in [0.4, 0.5) is 11.4 Å². The molecule has 224 valence electrons. The highest BCUT2D eigenvalue weighted by Gasteiger charge is 2.64. The highest BCUT2D eigenvalue weighted by atomic mass is 32.3. The fourth-order valence-electron chi connectivity index (χ4n) is 5.86. The molecule has 16 nitrogen and oxygen atoms in total. The van der Waals surface area contributed by atoms with E-state index in [1.807, 2.05) is 0 Å². The average Bonchev–Trinajstić information content (AvgIpc) is 2.81. The number of amides is 2. The number of nitrogens with two attached hydrogens (primary N) is 1. The van der Waals surface area contributed by atoms with Gasteiger partial charge in [0.05, 0.1) is 17.3 Å². The number of hydrogen-bond acceptors (Lipinski definition) is 12. The van der Waals surface area contributed by atoms with Crippen LogP contribution >= 0.6 is 0 Å². The molecule has 1 fully saturated rings. The minimum absolute atomic E-state index is 0.00622. The maximum atomic E-state index is 13.8. The number of phenolic OH excluding ortho intramolecular Hbond substituents is 1. The van der Waals surface area contributed by atoms with Crippen molar-refractivity contribution in [2.75, 3.05) is 38.4 Å². The number of primary amides is 1. The lowest BCUT2D eigenvalue weighted by molar-refractivity contribution is -0.153. The molecule has 3 aliphatic rings. The van der Waals surface area contributed by atoms with E-state index in [4.69, 9.17) is 23.3 Å². The van der Waals surface area contributed by atoms with Crippen LogP contribution in [0.15, 0.2) is 23.0 Å². The van der Waals surface area contributed by atoms with Gasteiger partial charge < -0.3 is 36.4 Å². The molecule has 0 aromatic heterocycles. The zero-order valence-electron chi connectivity index (χ0n) is 22.3. The van der Waals surface area contributed by atoms with E-state index >= 15 is 0 Å². The number of hydrogen-bond donors (Lipinski definition) is 8. The number of aliphatic hydroxyl groups is 3. The van der Waals surface area contributed by atoms with Gasteiger partial charge in [0.15, 0.2) is 11.4 Å². The van der Waals surface area contributed by atoms with Gasteiger partial charge in [0.1, 0.15) is 22.8 Å². The lowest BCUT2D eigenvalue weighted by Gasteiger charge is -2.50. The number of likely N-dealkylation sites (N-methyl/N-ethyl adjacent to an activating group) is 1. The van der Waals surface area contributed by atoms with E-state index < -0.39 is 74.2 Å². The Morgan fingerprint density at radius 3 is 2.17 bits per heavy atom. The van der Waals surface area contributed by atoms with Crippen molar-refractivity contribution in [1.29, 1.82) is 0 Å². The molecule has 4 atom stereocenters. The minimum atomic E-state index is -4.67. The molecule has 0 saturated heterocycles. The molecule has 2 amide bonds. The van der Waals surface area contributed by atoms with Gasteiger partial charge in [0.25, 0.3) is 5.91 Å². The van der Waals surface area contributed by atoms with E-state index in [2.05, 4.69) is 5.32 Å². The van der Waals surface area contributed by atoms with Crippen molar-refractivity contribution in [3.63, 3.8) is 0 Å². The van der Waals surface area contributed by atoms with Gasteiger partial charge in [-0.15, -0.1) is 0 Å². The van der Waals surface area contributed by atoms with Crippen molar-refractivity contribution in [2.24, 2.45) is 17.6 Å². The standard InChI is InChI=1S/C24H28N4O8.H2O4S/c1-27(2)13-7-12(26-8-29)18(30)15-10(13)5-9-6-11-17(28(3)4)20(32)16(23(25)35)22(34)24(11,36)21(33)14(9)19(15)31;1-5(2,3)4/h7-9,11,17,30-31,34,36H,5-6H2,1-4H3,(H2,25,35)(H,26,29);(H2,1,2,3,4)/t9?,11?,17-,24-;/m0./s1. The minimum Gasteiger partial charge on any atom is -0.508 e. The van der Waals surface area contributed by atoms with Crippen molar-refractivity contribution in [1.82, 2.24) is 4.90 Å².